The van der Waals surface area contributed by atoms with Crippen LogP contribution in [0.2, 0.25) is 0 Å². The van der Waals surface area contributed by atoms with E-state index in [2.05, 4.69) is 149 Å². The second-order valence-corrected chi connectivity index (χ2v) is 12.9. The van der Waals surface area contributed by atoms with E-state index < -0.39 is 0 Å². The van der Waals surface area contributed by atoms with Crippen LogP contribution < -0.4 is 15.5 Å². The maximum Gasteiger partial charge on any atom is 0.234 e. The molecule has 2 atom stereocenters. The van der Waals surface area contributed by atoms with Gasteiger partial charge in [0.05, 0.1) is 16.9 Å². The van der Waals surface area contributed by atoms with E-state index in [0.29, 0.717) is 17.6 Å². The zero-order valence-corrected chi connectivity index (χ0v) is 27.1. The van der Waals surface area contributed by atoms with E-state index in [1.54, 1.807) is 0 Å². The number of hydrogen-bond acceptors (Lipinski definition) is 4. The summed E-state index contributed by atoms with van der Waals surface area (Å²) in [5.74, 6) is 2.06. The second-order valence-electron chi connectivity index (χ2n) is 12.9. The van der Waals surface area contributed by atoms with Gasteiger partial charge in [0.2, 0.25) is 5.95 Å². The van der Waals surface area contributed by atoms with E-state index in [-0.39, 0.29) is 12.0 Å². The Labute approximate surface area is 289 Å². The number of aromatic nitrogens is 4. The third-order valence-corrected chi connectivity index (χ3v) is 9.98. The minimum absolute atomic E-state index is 0.0192. The van der Waals surface area contributed by atoms with Crippen LogP contribution in [0.15, 0.2) is 164 Å². The van der Waals surface area contributed by atoms with Crippen molar-refractivity contribution in [3.63, 3.8) is 0 Å². The van der Waals surface area contributed by atoms with Crippen LogP contribution in [0, 0.1) is 0 Å². The van der Waals surface area contributed by atoms with Gasteiger partial charge in [0.25, 0.3) is 0 Å². The van der Waals surface area contributed by atoms with Crippen LogP contribution in [0.3, 0.4) is 0 Å². The maximum absolute atomic E-state index is 5.17. The van der Waals surface area contributed by atoms with Crippen LogP contribution in [-0.4, -0.2) is 25.6 Å². The van der Waals surface area contributed by atoms with Gasteiger partial charge >= 0.3 is 0 Å². The minimum Gasteiger partial charge on any atom is -0.310 e. The molecule has 6 aromatic carbocycles. The van der Waals surface area contributed by atoms with Crippen molar-refractivity contribution in [3.05, 3.63) is 180 Å². The summed E-state index contributed by atoms with van der Waals surface area (Å²) in [5.41, 5.74) is 9.05. The van der Waals surface area contributed by atoms with Gasteiger partial charge in [0, 0.05) is 39.0 Å². The standard InChI is InChI=1S/C45H31N5/c1-4-14-30(15-5-1)31-24-26-34(27-25-31)49-39-22-12-10-20-35(39)37-29-42-38(28-41(37)49)36-21-11-13-23-40(36)50(42)45-47-43(32-16-6-2-7-17-32)46-44(48-45)33-18-8-3-9-19-33/h1-29,38,42H. The highest BCUT2D eigenvalue weighted by Gasteiger charge is 2.40. The summed E-state index contributed by atoms with van der Waals surface area (Å²) < 4.78 is 2.42. The van der Waals surface area contributed by atoms with E-state index in [1.807, 2.05) is 36.4 Å². The fraction of sp³-hybridized carbons (Fsp3) is 0.0444. The Morgan fingerprint density at radius 3 is 1.70 bits per heavy atom. The Hall–Kier alpha value is -6.59. The summed E-state index contributed by atoms with van der Waals surface area (Å²) >= 11 is 0. The van der Waals surface area contributed by atoms with Gasteiger partial charge in [-0.3, -0.25) is 0 Å². The van der Waals surface area contributed by atoms with E-state index in [1.165, 1.54) is 38.2 Å². The predicted molar refractivity (Wildman–Crippen MR) is 203 cm³/mol. The molecule has 236 valence electrons. The highest BCUT2D eigenvalue weighted by atomic mass is 15.3. The number of fused-ring (bicyclic) bond motifs is 6. The Kier molecular flexibility index (Phi) is 6.56. The molecule has 8 aromatic rings. The average molecular weight is 642 g/mol. The van der Waals surface area contributed by atoms with Crippen molar-refractivity contribution in [1.82, 2.24) is 19.5 Å². The molecule has 0 saturated heterocycles. The van der Waals surface area contributed by atoms with Crippen LogP contribution in [0.4, 0.5) is 11.6 Å². The Morgan fingerprint density at radius 1 is 0.460 bits per heavy atom. The van der Waals surface area contributed by atoms with Crippen LogP contribution in [0.25, 0.3) is 62.6 Å². The molecule has 3 heterocycles. The third kappa shape index (κ3) is 4.59. The maximum atomic E-state index is 5.17. The SMILES string of the molecule is C1=c2c(n(-c3ccc(-c4ccccc4)cc3)c3ccccc23)=CC2c3ccccc3N(c3nc(-c4ccccc4)nc(-c4ccccc4)n3)C12. The highest BCUT2D eigenvalue weighted by molar-refractivity contribution is 5.88. The molecule has 2 aliphatic rings. The van der Waals surface area contributed by atoms with Crippen molar-refractivity contribution in [2.45, 2.75) is 12.0 Å². The van der Waals surface area contributed by atoms with Crippen molar-refractivity contribution in [1.29, 1.82) is 0 Å². The molecule has 1 aliphatic carbocycles. The topological polar surface area (TPSA) is 46.8 Å². The van der Waals surface area contributed by atoms with Crippen molar-refractivity contribution >= 4 is 34.7 Å². The number of hydrogen-bond donors (Lipinski definition) is 0. The summed E-state index contributed by atoms with van der Waals surface area (Å²) in [6, 6.07) is 57.3. The molecular weight excluding hydrogens is 611 g/mol. The number of para-hydroxylation sites is 2. The van der Waals surface area contributed by atoms with Crippen LogP contribution >= 0.6 is 0 Å². The summed E-state index contributed by atoms with van der Waals surface area (Å²) in [5, 5.41) is 3.67. The number of nitrogens with zero attached hydrogens (tertiary/aromatic N) is 5. The van der Waals surface area contributed by atoms with E-state index in [0.717, 1.165) is 22.5 Å². The summed E-state index contributed by atoms with van der Waals surface area (Å²) in [7, 11) is 0. The minimum atomic E-state index is -0.0192. The normalized spacial score (nSPS) is 15.9. The van der Waals surface area contributed by atoms with Crippen LogP contribution in [-0.2, 0) is 0 Å². The van der Waals surface area contributed by atoms with Gasteiger partial charge in [-0.1, -0.05) is 146 Å². The van der Waals surface area contributed by atoms with Gasteiger partial charge in [0.15, 0.2) is 11.6 Å². The average Bonchev–Trinajstić information content (AvgIpc) is 3.70. The zero-order valence-electron chi connectivity index (χ0n) is 27.1. The third-order valence-electron chi connectivity index (χ3n) is 9.98. The molecule has 0 radical (unpaired) electrons. The van der Waals surface area contributed by atoms with Gasteiger partial charge in [0.1, 0.15) is 0 Å². The summed E-state index contributed by atoms with van der Waals surface area (Å²) in [6.07, 6.45) is 4.90. The molecule has 2 unspecified atom stereocenters. The van der Waals surface area contributed by atoms with E-state index in [4.69, 9.17) is 15.0 Å². The van der Waals surface area contributed by atoms with Gasteiger partial charge in [-0.2, -0.15) is 9.97 Å². The molecule has 50 heavy (non-hydrogen) atoms. The molecular formula is C45H31N5. The fourth-order valence-electron chi connectivity index (χ4n) is 7.68. The molecule has 0 saturated carbocycles. The Morgan fingerprint density at radius 2 is 1.02 bits per heavy atom. The quantitative estimate of drug-likeness (QED) is 0.189. The molecule has 0 N–H and O–H groups in total. The van der Waals surface area contributed by atoms with Crippen molar-refractivity contribution in [2.75, 3.05) is 4.90 Å². The fourth-order valence-corrected chi connectivity index (χ4v) is 7.68. The Bertz CT molecular complexity index is 2590. The highest BCUT2D eigenvalue weighted by Crippen LogP contribution is 2.47. The molecule has 5 heteroatoms. The lowest BCUT2D eigenvalue weighted by atomic mass is 9.90. The van der Waals surface area contributed by atoms with Gasteiger partial charge in [-0.25, -0.2) is 4.98 Å². The number of rotatable bonds is 5. The molecule has 0 bridgehead atoms. The van der Waals surface area contributed by atoms with E-state index in [9.17, 15) is 0 Å². The molecule has 0 spiro atoms. The zero-order chi connectivity index (χ0) is 33.0. The first-order valence-electron chi connectivity index (χ1n) is 17.0. The van der Waals surface area contributed by atoms with Crippen LogP contribution in [0.1, 0.15) is 11.5 Å². The summed E-state index contributed by atoms with van der Waals surface area (Å²) in [6.45, 7) is 0. The van der Waals surface area contributed by atoms with Gasteiger partial charge < -0.3 is 9.47 Å². The van der Waals surface area contributed by atoms with Crippen molar-refractivity contribution in [2.24, 2.45) is 0 Å². The lowest BCUT2D eigenvalue weighted by Gasteiger charge is -2.27. The first kappa shape index (κ1) is 28.4. The molecule has 5 nitrogen and oxygen atoms in total. The number of benzene rings is 6. The second kappa shape index (κ2) is 11.5. The lowest BCUT2D eigenvalue weighted by molar-refractivity contribution is 0.775. The van der Waals surface area contributed by atoms with Crippen molar-refractivity contribution < 1.29 is 0 Å². The van der Waals surface area contributed by atoms with Gasteiger partial charge in [-0.15, -0.1) is 0 Å². The summed E-state index contributed by atoms with van der Waals surface area (Å²) in [4.78, 5) is 17.6. The lowest BCUT2D eigenvalue weighted by Crippen LogP contribution is -2.40. The largest absolute Gasteiger partial charge is 0.310 e. The van der Waals surface area contributed by atoms with Crippen LogP contribution in [0.5, 0.6) is 0 Å². The predicted octanol–water partition coefficient (Wildman–Crippen LogP) is 8.70. The first-order valence-corrected chi connectivity index (χ1v) is 17.0. The number of anilines is 2. The first-order chi connectivity index (χ1) is 24.8. The van der Waals surface area contributed by atoms with Crippen molar-refractivity contribution in [3.8, 4) is 39.6 Å². The molecule has 0 fully saturated rings. The smallest absolute Gasteiger partial charge is 0.234 e. The molecule has 2 aromatic heterocycles. The molecule has 10 rings (SSSR count). The Balaban J connectivity index is 1.17. The van der Waals surface area contributed by atoms with Gasteiger partial charge in [-0.05, 0) is 47.0 Å². The molecule has 1 aliphatic heterocycles. The monoisotopic (exact) mass is 641 g/mol. The van der Waals surface area contributed by atoms with E-state index >= 15 is 0 Å². The molecule has 0 amide bonds.